The average molecular weight is 333 g/mol. The van der Waals surface area contributed by atoms with Crippen LogP contribution in [0.4, 0.5) is 5.69 Å². The molecule has 0 atom stereocenters. The van der Waals surface area contributed by atoms with E-state index >= 15 is 0 Å². The van der Waals surface area contributed by atoms with E-state index in [1.54, 1.807) is 7.11 Å². The van der Waals surface area contributed by atoms with Crippen molar-refractivity contribution in [3.05, 3.63) is 90.3 Å². The fraction of sp³-hybridized carbons (Fsp3) is 0.143. The van der Waals surface area contributed by atoms with Gasteiger partial charge in [0.25, 0.3) is 5.91 Å². The van der Waals surface area contributed by atoms with Crippen LogP contribution in [0.25, 0.3) is 0 Å². The third kappa shape index (κ3) is 4.91. The minimum Gasteiger partial charge on any atom is -0.497 e. The predicted octanol–water partition coefficient (Wildman–Crippen LogP) is 3.21. The summed E-state index contributed by atoms with van der Waals surface area (Å²) in [5.74, 6) is 0.701. The van der Waals surface area contributed by atoms with E-state index < -0.39 is 0 Å². The summed E-state index contributed by atoms with van der Waals surface area (Å²) in [6.45, 7) is 0.275. The molecule has 0 saturated carbocycles. The molecule has 0 radical (unpaired) electrons. The first-order valence-corrected chi connectivity index (χ1v) is 8.19. The lowest BCUT2D eigenvalue weighted by Crippen LogP contribution is -2.39. The molecule has 0 unspecified atom stereocenters. The largest absolute Gasteiger partial charge is 0.497 e. The third-order valence-corrected chi connectivity index (χ3v) is 3.91. The van der Waals surface area contributed by atoms with E-state index in [0.29, 0.717) is 0 Å². The van der Waals surface area contributed by atoms with Crippen LogP contribution in [-0.4, -0.2) is 13.0 Å². The number of aromatic nitrogens is 1. The fourth-order valence-corrected chi connectivity index (χ4v) is 2.58. The van der Waals surface area contributed by atoms with Crippen LogP contribution in [0.15, 0.2) is 79.1 Å². The zero-order chi connectivity index (χ0) is 17.5. The molecule has 25 heavy (non-hydrogen) atoms. The molecule has 3 aromatic rings. The lowest BCUT2D eigenvalue weighted by atomic mass is 10.1. The number of amides is 1. The van der Waals surface area contributed by atoms with Crippen LogP contribution in [0.1, 0.15) is 11.1 Å². The number of hydrogen-bond donors (Lipinski definition) is 1. The minimum absolute atomic E-state index is 0.0639. The van der Waals surface area contributed by atoms with Gasteiger partial charge in [-0.3, -0.25) is 4.79 Å². The molecule has 1 heterocycles. The molecule has 0 fully saturated rings. The molecule has 0 aliphatic carbocycles. The van der Waals surface area contributed by atoms with Crippen molar-refractivity contribution in [2.24, 2.45) is 0 Å². The number of carbonyl (C=O) groups is 1. The SMILES string of the molecule is COc1ccc(NC(=O)C[n+]2ccc(Cc3ccccc3)cc2)cc1. The number of benzene rings is 2. The summed E-state index contributed by atoms with van der Waals surface area (Å²) in [6, 6.07) is 21.7. The van der Waals surface area contributed by atoms with Crippen LogP contribution in [-0.2, 0) is 17.8 Å². The Balaban J connectivity index is 1.56. The molecule has 0 saturated heterocycles. The number of rotatable bonds is 6. The maximum absolute atomic E-state index is 12.1. The molecule has 126 valence electrons. The van der Waals surface area contributed by atoms with Gasteiger partial charge in [-0.2, -0.15) is 4.57 Å². The summed E-state index contributed by atoms with van der Waals surface area (Å²) in [7, 11) is 1.62. The highest BCUT2D eigenvalue weighted by Crippen LogP contribution is 2.14. The highest BCUT2D eigenvalue weighted by atomic mass is 16.5. The number of pyridine rings is 1. The summed E-state index contributed by atoms with van der Waals surface area (Å²) in [6.07, 6.45) is 4.76. The Morgan fingerprint density at radius 1 is 0.920 bits per heavy atom. The van der Waals surface area contributed by atoms with Gasteiger partial charge in [-0.15, -0.1) is 0 Å². The lowest BCUT2D eigenvalue weighted by molar-refractivity contribution is -0.684. The monoisotopic (exact) mass is 333 g/mol. The minimum atomic E-state index is -0.0639. The van der Waals surface area contributed by atoms with Gasteiger partial charge in [-0.1, -0.05) is 30.3 Å². The topological polar surface area (TPSA) is 42.2 Å². The van der Waals surface area contributed by atoms with E-state index in [0.717, 1.165) is 17.9 Å². The third-order valence-electron chi connectivity index (χ3n) is 3.91. The summed E-state index contributed by atoms with van der Waals surface area (Å²) in [5, 5.41) is 2.88. The zero-order valence-electron chi connectivity index (χ0n) is 14.2. The van der Waals surface area contributed by atoms with Crippen molar-refractivity contribution in [3.8, 4) is 5.75 Å². The quantitative estimate of drug-likeness (QED) is 0.704. The normalized spacial score (nSPS) is 10.3. The van der Waals surface area contributed by atoms with Crippen LogP contribution in [0.3, 0.4) is 0 Å². The number of nitrogens with zero attached hydrogens (tertiary/aromatic N) is 1. The summed E-state index contributed by atoms with van der Waals surface area (Å²) in [5.41, 5.74) is 3.25. The smallest absolute Gasteiger partial charge is 0.290 e. The second-order valence-corrected chi connectivity index (χ2v) is 5.82. The van der Waals surface area contributed by atoms with Gasteiger partial charge >= 0.3 is 0 Å². The van der Waals surface area contributed by atoms with Crippen LogP contribution >= 0.6 is 0 Å². The van der Waals surface area contributed by atoms with Gasteiger partial charge in [0.15, 0.2) is 12.4 Å². The van der Waals surface area contributed by atoms with Crippen molar-refractivity contribution in [2.45, 2.75) is 13.0 Å². The molecular formula is C21H21N2O2+. The second kappa shape index (κ2) is 8.11. The molecule has 0 bridgehead atoms. The standard InChI is InChI=1S/C21H20N2O2/c1-25-20-9-7-19(8-10-20)22-21(24)16-23-13-11-18(12-14-23)15-17-5-3-2-4-6-17/h2-14H,15-16H2,1H3/p+1. The van der Waals surface area contributed by atoms with Gasteiger partial charge in [0, 0.05) is 17.8 Å². The Morgan fingerprint density at radius 2 is 1.56 bits per heavy atom. The molecule has 2 aromatic carbocycles. The second-order valence-electron chi connectivity index (χ2n) is 5.82. The molecule has 3 rings (SSSR count). The van der Waals surface area contributed by atoms with E-state index in [1.807, 2.05) is 71.6 Å². The Bertz CT molecular complexity index is 813. The maximum Gasteiger partial charge on any atom is 0.290 e. The first kappa shape index (κ1) is 16.7. The summed E-state index contributed by atoms with van der Waals surface area (Å²) >= 11 is 0. The Morgan fingerprint density at radius 3 is 2.20 bits per heavy atom. The number of carbonyl (C=O) groups excluding carboxylic acids is 1. The van der Waals surface area contributed by atoms with Crippen molar-refractivity contribution in [2.75, 3.05) is 12.4 Å². The van der Waals surface area contributed by atoms with E-state index in [4.69, 9.17) is 4.74 Å². The highest BCUT2D eigenvalue weighted by Gasteiger charge is 2.10. The summed E-state index contributed by atoms with van der Waals surface area (Å²) in [4.78, 5) is 12.1. The van der Waals surface area contributed by atoms with Gasteiger partial charge in [0.2, 0.25) is 6.54 Å². The molecule has 4 heteroatoms. The Kier molecular flexibility index (Phi) is 5.42. The fourth-order valence-electron chi connectivity index (χ4n) is 2.58. The number of methoxy groups -OCH3 is 1. The van der Waals surface area contributed by atoms with Crippen molar-refractivity contribution in [1.82, 2.24) is 0 Å². The first-order chi connectivity index (χ1) is 12.2. The van der Waals surface area contributed by atoms with Crippen molar-refractivity contribution >= 4 is 11.6 Å². The zero-order valence-corrected chi connectivity index (χ0v) is 14.2. The number of anilines is 1. The number of nitrogens with one attached hydrogen (secondary N) is 1. The molecule has 0 aliphatic heterocycles. The first-order valence-electron chi connectivity index (χ1n) is 8.19. The van der Waals surface area contributed by atoms with E-state index in [2.05, 4.69) is 17.4 Å². The summed E-state index contributed by atoms with van der Waals surface area (Å²) < 4.78 is 6.98. The van der Waals surface area contributed by atoms with Crippen LogP contribution in [0.2, 0.25) is 0 Å². The van der Waals surface area contributed by atoms with E-state index in [-0.39, 0.29) is 12.5 Å². The predicted molar refractivity (Wildman–Crippen MR) is 97.5 cm³/mol. The van der Waals surface area contributed by atoms with Gasteiger partial charge in [-0.05, 0) is 41.8 Å². The molecular weight excluding hydrogens is 312 g/mol. The molecule has 1 aromatic heterocycles. The molecule has 1 N–H and O–H groups in total. The van der Waals surface area contributed by atoms with Crippen molar-refractivity contribution in [1.29, 1.82) is 0 Å². The average Bonchev–Trinajstić information content (AvgIpc) is 2.65. The highest BCUT2D eigenvalue weighted by molar-refractivity contribution is 5.89. The van der Waals surface area contributed by atoms with E-state index in [9.17, 15) is 4.79 Å². The molecule has 4 nitrogen and oxygen atoms in total. The lowest BCUT2D eigenvalue weighted by Gasteiger charge is -2.05. The van der Waals surface area contributed by atoms with Crippen LogP contribution in [0, 0.1) is 0 Å². The van der Waals surface area contributed by atoms with Crippen molar-refractivity contribution in [3.63, 3.8) is 0 Å². The molecule has 1 amide bonds. The molecule has 0 aliphatic rings. The van der Waals surface area contributed by atoms with Gasteiger partial charge < -0.3 is 10.1 Å². The van der Waals surface area contributed by atoms with Gasteiger partial charge in [0.05, 0.1) is 7.11 Å². The number of ether oxygens (including phenoxy) is 1. The van der Waals surface area contributed by atoms with Crippen LogP contribution in [0.5, 0.6) is 5.75 Å². The number of hydrogen-bond acceptors (Lipinski definition) is 2. The van der Waals surface area contributed by atoms with E-state index in [1.165, 1.54) is 11.1 Å². The van der Waals surface area contributed by atoms with Crippen LogP contribution < -0.4 is 14.6 Å². The van der Waals surface area contributed by atoms with Gasteiger partial charge in [-0.25, -0.2) is 0 Å². The maximum atomic E-state index is 12.1. The van der Waals surface area contributed by atoms with Crippen molar-refractivity contribution < 1.29 is 14.1 Å². The Hall–Kier alpha value is -3.14. The van der Waals surface area contributed by atoms with Gasteiger partial charge in [0.1, 0.15) is 5.75 Å². The Labute approximate surface area is 147 Å². The molecule has 0 spiro atoms.